The minimum Gasteiger partial charge on any atom is -0.480 e. The Bertz CT molecular complexity index is 1450. The lowest BCUT2D eigenvalue weighted by Crippen LogP contribution is -2.60. The monoisotopic (exact) mass is 734 g/mol. The van der Waals surface area contributed by atoms with E-state index in [1.807, 2.05) is 74.5 Å². The fraction of sp³-hybridized carbons (Fsp3) is 0.585. The number of ketones is 2. The van der Waals surface area contributed by atoms with Crippen molar-refractivity contribution in [1.82, 2.24) is 15.5 Å². The van der Waals surface area contributed by atoms with Crippen molar-refractivity contribution < 1.29 is 29.1 Å². The van der Waals surface area contributed by atoms with E-state index < -0.39 is 41.3 Å². The number of nitrogens with one attached hydrogen (secondary N) is 2. The molecule has 0 saturated carbocycles. The summed E-state index contributed by atoms with van der Waals surface area (Å²) in [7, 11) is 0. The molecule has 0 spiro atoms. The van der Waals surface area contributed by atoms with E-state index in [9.17, 15) is 29.1 Å². The van der Waals surface area contributed by atoms with Crippen molar-refractivity contribution in [2.75, 3.05) is 32.7 Å². The molecule has 1 heterocycles. The van der Waals surface area contributed by atoms with Crippen LogP contribution in [-0.2, 0) is 36.8 Å². The van der Waals surface area contributed by atoms with Gasteiger partial charge in [-0.3, -0.25) is 24.0 Å². The standard InChI is InChI=1S/C41H62N6O6/c1-29(2)24-35(46-38(50)33(25-30-12-5-3-6-13-30)28-36(48)34(44)26-31-14-7-4-8-15-31)37(49)27-32(16-9-10-19-42)39(51)47-22-17-41(18-23-47,40(52)53)45-21-11-20-43/h3-8,12-15,29,32-35,45H,9-11,16-28,42-44H2,1-2H3,(H,46,50)(H,52,53)/t32-,33-,34+,35+/m0/s1. The molecule has 1 saturated heterocycles. The zero-order valence-corrected chi connectivity index (χ0v) is 31.6. The summed E-state index contributed by atoms with van der Waals surface area (Å²) in [5.74, 6) is -3.35. The third kappa shape index (κ3) is 14.1. The predicted octanol–water partition coefficient (Wildman–Crippen LogP) is 2.99. The van der Waals surface area contributed by atoms with Gasteiger partial charge in [0.25, 0.3) is 0 Å². The Morgan fingerprint density at radius 3 is 1.91 bits per heavy atom. The van der Waals surface area contributed by atoms with Crippen molar-refractivity contribution >= 4 is 29.4 Å². The molecule has 0 bridgehead atoms. The number of amides is 2. The highest BCUT2D eigenvalue weighted by molar-refractivity contribution is 5.95. The number of rotatable bonds is 24. The maximum Gasteiger partial charge on any atom is 0.324 e. The Hall–Kier alpha value is -3.97. The summed E-state index contributed by atoms with van der Waals surface area (Å²) in [5, 5.41) is 16.2. The Kier molecular flexibility index (Phi) is 18.3. The Labute approximate surface area is 315 Å². The first kappa shape index (κ1) is 43.4. The van der Waals surface area contributed by atoms with Gasteiger partial charge in [0.2, 0.25) is 11.8 Å². The van der Waals surface area contributed by atoms with E-state index in [0.29, 0.717) is 64.6 Å². The van der Waals surface area contributed by atoms with Gasteiger partial charge in [-0.25, -0.2) is 0 Å². The molecule has 0 aliphatic carbocycles. The fourth-order valence-electron chi connectivity index (χ4n) is 7.06. The molecule has 1 aliphatic heterocycles. The van der Waals surface area contributed by atoms with E-state index in [0.717, 1.165) is 11.1 Å². The van der Waals surface area contributed by atoms with Crippen LogP contribution >= 0.6 is 0 Å². The molecule has 2 aromatic rings. The van der Waals surface area contributed by atoms with Gasteiger partial charge in [0.15, 0.2) is 11.6 Å². The molecule has 4 atom stereocenters. The zero-order chi connectivity index (χ0) is 38.8. The van der Waals surface area contributed by atoms with E-state index >= 15 is 0 Å². The summed E-state index contributed by atoms with van der Waals surface area (Å²) >= 11 is 0. The van der Waals surface area contributed by atoms with Crippen LogP contribution in [0.2, 0.25) is 0 Å². The third-order valence-electron chi connectivity index (χ3n) is 10.3. The number of carboxylic acids is 1. The van der Waals surface area contributed by atoms with Gasteiger partial charge in [0, 0.05) is 37.8 Å². The van der Waals surface area contributed by atoms with E-state index in [1.165, 1.54) is 0 Å². The lowest BCUT2D eigenvalue weighted by molar-refractivity contribution is -0.150. The van der Waals surface area contributed by atoms with Crippen molar-refractivity contribution in [1.29, 1.82) is 0 Å². The number of hydrogen-bond acceptors (Lipinski definition) is 9. The number of likely N-dealkylation sites (tertiary alicyclic amines) is 1. The van der Waals surface area contributed by atoms with Crippen LogP contribution < -0.4 is 27.8 Å². The number of piperidine rings is 1. The summed E-state index contributed by atoms with van der Waals surface area (Å²) in [4.78, 5) is 69.5. The number of hydrogen-bond donors (Lipinski definition) is 6. The van der Waals surface area contributed by atoms with Crippen molar-refractivity contribution in [3.8, 4) is 0 Å². The van der Waals surface area contributed by atoms with Crippen LogP contribution in [-0.4, -0.2) is 89.7 Å². The molecule has 1 aliphatic rings. The number of Topliss-reactive ketones (excluding diaryl/α,β-unsaturated/α-hetero) is 2. The SMILES string of the molecule is CC(C)C[C@@H](NC(=O)[C@H](CC(=O)[C@H](N)Cc1ccccc1)Cc1ccccc1)C(=O)C[C@H](CCCCN)C(=O)N1CCC(NCCCN)(C(=O)O)CC1. The molecular formula is C41H62N6O6. The van der Waals surface area contributed by atoms with Gasteiger partial charge in [-0.15, -0.1) is 0 Å². The van der Waals surface area contributed by atoms with E-state index in [-0.39, 0.29) is 62.2 Å². The first-order valence-corrected chi connectivity index (χ1v) is 19.3. The van der Waals surface area contributed by atoms with Gasteiger partial charge in [0.05, 0.1) is 12.1 Å². The molecule has 0 unspecified atom stereocenters. The molecular weight excluding hydrogens is 672 g/mol. The molecule has 0 aromatic heterocycles. The minimum atomic E-state index is -1.13. The third-order valence-corrected chi connectivity index (χ3v) is 10.3. The summed E-state index contributed by atoms with van der Waals surface area (Å²) < 4.78 is 0. The van der Waals surface area contributed by atoms with Gasteiger partial charge < -0.3 is 37.8 Å². The minimum absolute atomic E-state index is 0.0575. The molecule has 3 rings (SSSR count). The molecule has 1 fully saturated rings. The topological polar surface area (TPSA) is 211 Å². The highest BCUT2D eigenvalue weighted by Crippen LogP contribution is 2.27. The molecule has 12 nitrogen and oxygen atoms in total. The molecule has 9 N–H and O–H groups in total. The number of carboxylic acid groups (broad SMARTS) is 1. The molecule has 53 heavy (non-hydrogen) atoms. The largest absolute Gasteiger partial charge is 0.480 e. The van der Waals surface area contributed by atoms with Gasteiger partial charge in [-0.05, 0) is 88.0 Å². The molecule has 292 valence electrons. The van der Waals surface area contributed by atoms with Crippen LogP contribution in [0.1, 0.15) is 82.8 Å². The second-order valence-electron chi connectivity index (χ2n) is 15.0. The maximum absolute atomic E-state index is 14.1. The van der Waals surface area contributed by atoms with E-state index in [2.05, 4.69) is 10.6 Å². The van der Waals surface area contributed by atoms with Gasteiger partial charge in [-0.2, -0.15) is 0 Å². The maximum atomic E-state index is 14.1. The van der Waals surface area contributed by atoms with Crippen LogP contribution in [0.5, 0.6) is 0 Å². The van der Waals surface area contributed by atoms with Crippen LogP contribution in [0.15, 0.2) is 60.7 Å². The number of benzene rings is 2. The second-order valence-corrected chi connectivity index (χ2v) is 15.0. The van der Waals surface area contributed by atoms with E-state index in [1.54, 1.807) is 4.90 Å². The first-order valence-electron chi connectivity index (χ1n) is 19.3. The van der Waals surface area contributed by atoms with Crippen LogP contribution in [0, 0.1) is 17.8 Å². The van der Waals surface area contributed by atoms with Crippen LogP contribution in [0.4, 0.5) is 0 Å². The van der Waals surface area contributed by atoms with Crippen LogP contribution in [0.3, 0.4) is 0 Å². The van der Waals surface area contributed by atoms with Crippen molar-refractivity contribution in [3.05, 3.63) is 71.8 Å². The highest BCUT2D eigenvalue weighted by Gasteiger charge is 2.43. The summed E-state index contributed by atoms with van der Waals surface area (Å²) in [6.07, 6.45) is 3.79. The number of carbonyl (C=O) groups excluding carboxylic acids is 4. The smallest absolute Gasteiger partial charge is 0.324 e. The quantitative estimate of drug-likeness (QED) is 0.0869. The number of aliphatic carboxylic acids is 1. The molecule has 2 amide bonds. The predicted molar refractivity (Wildman–Crippen MR) is 207 cm³/mol. The summed E-state index contributed by atoms with van der Waals surface area (Å²) in [5.41, 5.74) is 18.4. The highest BCUT2D eigenvalue weighted by atomic mass is 16.4. The van der Waals surface area contributed by atoms with Crippen molar-refractivity contribution in [3.63, 3.8) is 0 Å². The fourth-order valence-corrected chi connectivity index (χ4v) is 7.06. The summed E-state index contributed by atoms with van der Waals surface area (Å²) in [6, 6.07) is 17.3. The summed E-state index contributed by atoms with van der Waals surface area (Å²) in [6.45, 7) is 5.79. The number of nitrogens with zero attached hydrogens (tertiary/aromatic N) is 1. The Morgan fingerprint density at radius 1 is 0.792 bits per heavy atom. The van der Waals surface area contributed by atoms with E-state index in [4.69, 9.17) is 17.2 Å². The Morgan fingerprint density at radius 2 is 1.36 bits per heavy atom. The van der Waals surface area contributed by atoms with Gasteiger partial charge in [-0.1, -0.05) is 80.9 Å². The van der Waals surface area contributed by atoms with Crippen molar-refractivity contribution in [2.45, 2.75) is 102 Å². The Balaban J connectivity index is 1.76. The normalized spacial score (nSPS) is 16.4. The number of carbonyl (C=O) groups is 5. The lowest BCUT2D eigenvalue weighted by atomic mass is 9.85. The number of nitrogens with two attached hydrogens (primary N) is 3. The molecule has 12 heteroatoms. The molecule has 2 aromatic carbocycles. The number of unbranched alkanes of at least 4 members (excludes halogenated alkanes) is 1. The van der Waals surface area contributed by atoms with Gasteiger partial charge in [0.1, 0.15) is 5.54 Å². The first-order chi connectivity index (χ1) is 25.4. The lowest BCUT2D eigenvalue weighted by Gasteiger charge is -2.40. The average molecular weight is 735 g/mol. The molecule has 0 radical (unpaired) electrons. The van der Waals surface area contributed by atoms with Crippen LogP contribution in [0.25, 0.3) is 0 Å². The second kappa shape index (κ2) is 22.3. The van der Waals surface area contributed by atoms with Crippen molar-refractivity contribution in [2.24, 2.45) is 35.0 Å². The zero-order valence-electron chi connectivity index (χ0n) is 31.6. The average Bonchev–Trinajstić information content (AvgIpc) is 3.14. The van der Waals surface area contributed by atoms with Gasteiger partial charge >= 0.3 is 5.97 Å².